The van der Waals surface area contributed by atoms with E-state index < -0.39 is 0 Å². The second kappa shape index (κ2) is 6.00. The van der Waals surface area contributed by atoms with Gasteiger partial charge in [0.25, 0.3) is 0 Å². The highest BCUT2D eigenvalue weighted by molar-refractivity contribution is 5.62. The van der Waals surface area contributed by atoms with Crippen LogP contribution in [0.2, 0.25) is 0 Å². The van der Waals surface area contributed by atoms with Crippen LogP contribution in [0.3, 0.4) is 0 Å². The summed E-state index contributed by atoms with van der Waals surface area (Å²) < 4.78 is 3.30. The molecule has 0 unspecified atom stereocenters. The Labute approximate surface area is 138 Å². The summed E-state index contributed by atoms with van der Waals surface area (Å²) >= 11 is 0. The first-order valence-corrected chi connectivity index (χ1v) is 7.57. The van der Waals surface area contributed by atoms with Gasteiger partial charge in [0.2, 0.25) is 0 Å². The Morgan fingerprint density at radius 2 is 1.88 bits per heavy atom. The van der Waals surface area contributed by atoms with Gasteiger partial charge in [0.05, 0.1) is 18.4 Å². The molecule has 6 nitrogen and oxygen atoms in total. The van der Waals surface area contributed by atoms with Gasteiger partial charge in [-0.1, -0.05) is 18.2 Å². The molecule has 24 heavy (non-hydrogen) atoms. The maximum Gasteiger partial charge on any atom is 0.333 e. The molecule has 1 N–H and O–H groups in total. The number of imidazole rings is 1. The van der Waals surface area contributed by atoms with E-state index in [4.69, 9.17) is 0 Å². The van der Waals surface area contributed by atoms with Crippen LogP contribution >= 0.6 is 0 Å². The van der Waals surface area contributed by atoms with E-state index in [2.05, 4.69) is 15.2 Å². The Balaban J connectivity index is 1.62. The fourth-order valence-corrected chi connectivity index (χ4v) is 2.64. The van der Waals surface area contributed by atoms with E-state index in [9.17, 15) is 4.79 Å². The summed E-state index contributed by atoms with van der Waals surface area (Å²) in [6, 6.07) is 11.6. The summed E-state index contributed by atoms with van der Waals surface area (Å²) in [5.74, 6) is 0. The van der Waals surface area contributed by atoms with Crippen molar-refractivity contribution in [3.63, 3.8) is 0 Å². The molecule has 0 amide bonds. The Morgan fingerprint density at radius 1 is 1.00 bits per heavy atom. The summed E-state index contributed by atoms with van der Waals surface area (Å²) in [5, 5.41) is 6.74. The van der Waals surface area contributed by atoms with Crippen molar-refractivity contribution in [3.05, 3.63) is 89.6 Å². The zero-order chi connectivity index (χ0) is 16.4. The minimum atomic E-state index is -0.0742. The molecule has 0 radical (unpaired) electrons. The van der Waals surface area contributed by atoms with Crippen LogP contribution in [0, 0.1) is 0 Å². The molecular formula is C18H15N5O. The van der Waals surface area contributed by atoms with Crippen LogP contribution in [-0.2, 0) is 6.54 Å². The summed E-state index contributed by atoms with van der Waals surface area (Å²) in [4.78, 5) is 16.7. The average Bonchev–Trinajstić information content (AvgIpc) is 3.27. The molecule has 0 saturated carbocycles. The number of H-pyrrole nitrogens is 1. The second-order valence-corrected chi connectivity index (χ2v) is 5.47. The molecule has 3 heterocycles. The fraction of sp³-hybridized carbons (Fsp3) is 0.0556. The van der Waals surface area contributed by atoms with Gasteiger partial charge in [-0.3, -0.25) is 19.2 Å². The van der Waals surface area contributed by atoms with Crippen LogP contribution in [-0.4, -0.2) is 24.3 Å². The number of benzene rings is 1. The Kier molecular flexibility index (Phi) is 3.55. The summed E-state index contributed by atoms with van der Waals surface area (Å²) in [6.45, 7) is 0.507. The topological polar surface area (TPSA) is 68.5 Å². The first-order chi connectivity index (χ1) is 11.8. The lowest BCUT2D eigenvalue weighted by Crippen LogP contribution is -2.23. The molecule has 4 rings (SSSR count). The molecule has 0 aliphatic rings. The van der Waals surface area contributed by atoms with Crippen molar-refractivity contribution in [2.75, 3.05) is 0 Å². The summed E-state index contributed by atoms with van der Waals surface area (Å²) in [7, 11) is 0. The third-order valence-corrected chi connectivity index (χ3v) is 3.90. The van der Waals surface area contributed by atoms with E-state index in [-0.39, 0.29) is 5.69 Å². The highest BCUT2D eigenvalue weighted by atomic mass is 16.1. The Morgan fingerprint density at radius 3 is 2.58 bits per heavy atom. The second-order valence-electron chi connectivity index (χ2n) is 5.47. The van der Waals surface area contributed by atoms with Crippen molar-refractivity contribution >= 4 is 0 Å². The molecule has 4 aromatic rings. The minimum Gasteiger partial charge on any atom is -0.294 e. The molecule has 1 aromatic carbocycles. The van der Waals surface area contributed by atoms with Gasteiger partial charge in [0.1, 0.15) is 0 Å². The lowest BCUT2D eigenvalue weighted by Gasteiger charge is -2.04. The van der Waals surface area contributed by atoms with Crippen LogP contribution in [0.4, 0.5) is 0 Å². The monoisotopic (exact) mass is 317 g/mol. The highest BCUT2D eigenvalue weighted by Gasteiger charge is 2.07. The van der Waals surface area contributed by atoms with Gasteiger partial charge in [-0.25, -0.2) is 4.79 Å². The third kappa shape index (κ3) is 2.65. The van der Waals surface area contributed by atoms with Crippen molar-refractivity contribution in [1.82, 2.24) is 24.3 Å². The van der Waals surface area contributed by atoms with Crippen molar-refractivity contribution in [2.45, 2.75) is 6.54 Å². The maximum atomic E-state index is 12.6. The van der Waals surface area contributed by atoms with Gasteiger partial charge >= 0.3 is 5.69 Å². The SMILES string of the molecule is O=c1n(Cc2cccnc2)ccn1-c1ccc(-c2cn[nH]c2)cc1. The average molecular weight is 317 g/mol. The maximum absolute atomic E-state index is 12.6. The minimum absolute atomic E-state index is 0.0742. The van der Waals surface area contributed by atoms with Gasteiger partial charge in [-0.2, -0.15) is 5.10 Å². The van der Waals surface area contributed by atoms with Gasteiger partial charge in [-0.05, 0) is 29.3 Å². The number of aromatic amines is 1. The predicted molar refractivity (Wildman–Crippen MR) is 90.9 cm³/mol. The van der Waals surface area contributed by atoms with Gasteiger partial charge < -0.3 is 0 Å². The van der Waals surface area contributed by atoms with Crippen LogP contribution in [0.1, 0.15) is 5.56 Å². The Hall–Kier alpha value is -3.41. The summed E-state index contributed by atoms with van der Waals surface area (Å²) in [6.07, 6.45) is 10.7. The largest absolute Gasteiger partial charge is 0.333 e. The zero-order valence-electron chi connectivity index (χ0n) is 12.8. The predicted octanol–water partition coefficient (Wildman–Crippen LogP) is 2.47. The molecule has 118 valence electrons. The normalized spacial score (nSPS) is 10.8. The van der Waals surface area contributed by atoms with Crippen molar-refractivity contribution in [2.24, 2.45) is 0 Å². The number of aromatic nitrogens is 5. The smallest absolute Gasteiger partial charge is 0.294 e. The lowest BCUT2D eigenvalue weighted by molar-refractivity contribution is 0.740. The number of hydrogen-bond acceptors (Lipinski definition) is 3. The van der Waals surface area contributed by atoms with Crippen LogP contribution < -0.4 is 5.69 Å². The molecule has 0 saturated heterocycles. The first-order valence-electron chi connectivity index (χ1n) is 7.57. The molecule has 0 aliphatic carbocycles. The standard InChI is InChI=1S/C18H15N5O/c24-18-22(13-14-2-1-7-19-10-14)8-9-23(18)17-5-3-15(4-6-17)16-11-20-21-12-16/h1-12H,13H2,(H,20,21). The first kappa shape index (κ1) is 14.2. The number of pyridine rings is 1. The van der Waals surface area contributed by atoms with Crippen molar-refractivity contribution < 1.29 is 0 Å². The molecule has 6 heteroatoms. The van der Waals surface area contributed by atoms with Crippen molar-refractivity contribution in [3.8, 4) is 16.8 Å². The fourth-order valence-electron chi connectivity index (χ4n) is 2.64. The number of nitrogens with zero attached hydrogens (tertiary/aromatic N) is 4. The zero-order valence-corrected chi connectivity index (χ0v) is 12.8. The lowest BCUT2D eigenvalue weighted by atomic mass is 10.1. The van der Waals surface area contributed by atoms with E-state index in [0.717, 1.165) is 22.4 Å². The summed E-state index contributed by atoms with van der Waals surface area (Å²) in [5.41, 5.74) is 3.82. The van der Waals surface area contributed by atoms with Crippen molar-refractivity contribution in [1.29, 1.82) is 0 Å². The number of hydrogen-bond donors (Lipinski definition) is 1. The molecule has 3 aromatic heterocycles. The van der Waals surface area contributed by atoms with E-state index in [1.807, 2.05) is 42.6 Å². The number of nitrogens with one attached hydrogen (secondary N) is 1. The highest BCUT2D eigenvalue weighted by Crippen LogP contribution is 2.19. The van der Waals surface area contributed by atoms with Crippen LogP contribution in [0.25, 0.3) is 16.8 Å². The quantitative estimate of drug-likeness (QED) is 0.629. The van der Waals surface area contributed by atoms with E-state index in [1.54, 1.807) is 40.1 Å². The van der Waals surface area contributed by atoms with Gasteiger partial charge in [-0.15, -0.1) is 0 Å². The van der Waals surface area contributed by atoms with E-state index in [0.29, 0.717) is 6.54 Å². The van der Waals surface area contributed by atoms with Crippen LogP contribution in [0.5, 0.6) is 0 Å². The van der Waals surface area contributed by atoms with Gasteiger partial charge in [0, 0.05) is 36.5 Å². The molecule has 0 atom stereocenters. The molecule has 0 spiro atoms. The van der Waals surface area contributed by atoms with E-state index >= 15 is 0 Å². The molecule has 0 bridgehead atoms. The van der Waals surface area contributed by atoms with E-state index in [1.165, 1.54) is 0 Å². The Bertz CT molecular complexity index is 982. The molecule has 0 fully saturated rings. The number of rotatable bonds is 4. The molecule has 0 aliphatic heterocycles. The molecular weight excluding hydrogens is 302 g/mol. The van der Waals surface area contributed by atoms with Crippen LogP contribution in [0.15, 0.2) is 78.4 Å². The third-order valence-electron chi connectivity index (χ3n) is 3.90. The van der Waals surface area contributed by atoms with Gasteiger partial charge in [0.15, 0.2) is 0 Å².